The molecule has 0 aromatic heterocycles. The highest BCUT2D eigenvalue weighted by Crippen LogP contribution is 2.62. The number of amides is 1. The molecule has 1 aromatic rings. The molecule has 1 saturated heterocycles. The number of halogens is 1. The molecule has 4 aliphatic rings. The first-order valence-electron chi connectivity index (χ1n) is 17.7. The number of likely N-dealkylation sites (tertiary alicyclic amines) is 1. The third-order valence-electron chi connectivity index (χ3n) is 11.3. The van der Waals surface area contributed by atoms with Gasteiger partial charge in [-0.05, 0) is 48.6 Å². The van der Waals surface area contributed by atoms with Crippen molar-refractivity contribution in [3.05, 3.63) is 34.9 Å². The van der Waals surface area contributed by atoms with E-state index in [9.17, 15) is 24.0 Å². The second-order valence-electron chi connectivity index (χ2n) is 15.8. The van der Waals surface area contributed by atoms with Crippen LogP contribution in [-0.4, -0.2) is 57.8 Å². The van der Waals surface area contributed by atoms with Crippen LogP contribution in [-0.2, 0) is 28.8 Å². The molecule has 1 amide bonds. The van der Waals surface area contributed by atoms with Crippen LogP contribution in [0.15, 0.2) is 29.4 Å². The molecule has 9 heteroatoms. The van der Waals surface area contributed by atoms with Gasteiger partial charge >= 0.3 is 0 Å². The van der Waals surface area contributed by atoms with Crippen LogP contribution in [0.5, 0.6) is 0 Å². The van der Waals surface area contributed by atoms with E-state index in [0.717, 1.165) is 37.7 Å². The van der Waals surface area contributed by atoms with Crippen LogP contribution in [0.4, 0.5) is 0 Å². The van der Waals surface area contributed by atoms with Gasteiger partial charge in [-0.25, -0.2) is 0 Å². The molecule has 3 fully saturated rings. The fourth-order valence-electron chi connectivity index (χ4n) is 8.38. The number of nitrogens with zero attached hydrogens (tertiary/aromatic N) is 2. The van der Waals surface area contributed by atoms with Crippen molar-refractivity contribution in [1.29, 1.82) is 0 Å². The van der Waals surface area contributed by atoms with E-state index >= 15 is 0 Å². The van der Waals surface area contributed by atoms with Crippen molar-refractivity contribution >= 4 is 46.4 Å². The average Bonchev–Trinajstić information content (AvgIpc) is 3.37. The lowest BCUT2D eigenvalue weighted by atomic mass is 9.75. The van der Waals surface area contributed by atoms with E-state index in [0.29, 0.717) is 30.0 Å². The Labute approximate surface area is 284 Å². The Morgan fingerprint density at radius 1 is 1.02 bits per heavy atom. The van der Waals surface area contributed by atoms with E-state index in [1.807, 2.05) is 45.9 Å². The molecule has 47 heavy (non-hydrogen) atoms. The Balaban J connectivity index is 1.40. The van der Waals surface area contributed by atoms with E-state index in [1.54, 1.807) is 17.9 Å². The summed E-state index contributed by atoms with van der Waals surface area (Å²) >= 11 is 6.26. The summed E-state index contributed by atoms with van der Waals surface area (Å²) in [4.78, 5) is 75.7. The molecule has 1 aromatic carbocycles. The Morgan fingerprint density at radius 3 is 2.38 bits per heavy atom. The maximum atomic E-state index is 14.7. The second kappa shape index (κ2) is 13.9. The average molecular weight is 667 g/mol. The predicted octanol–water partition coefficient (Wildman–Crippen LogP) is 7.32. The summed E-state index contributed by atoms with van der Waals surface area (Å²) in [5.74, 6) is -2.65. The standard InChI is InChI=1S/C38H51ClN2O6/c1-6-12-25(34(45)31(42)7-2)18-33(44)30-22-38(21-29(40-47-38)24-13-11-14-26(39)17-24)23-41(30)35(46)27(36(3,4)5)19-32(43)28-20-37(28)15-9-8-10-16-37/h11,13-14,17,25,27-28,30H,6-10,12,15-16,18-23H2,1-5H3/t25-,27-,28+,30+,38-/m1/s1. The molecular weight excluding hydrogens is 616 g/mol. The van der Waals surface area contributed by atoms with Gasteiger partial charge in [-0.3, -0.25) is 24.0 Å². The van der Waals surface area contributed by atoms with Gasteiger partial charge in [-0.2, -0.15) is 0 Å². The third-order valence-corrected chi connectivity index (χ3v) is 11.5. The van der Waals surface area contributed by atoms with Crippen LogP contribution < -0.4 is 0 Å². The highest BCUT2D eigenvalue weighted by molar-refractivity contribution is 6.38. The van der Waals surface area contributed by atoms with Gasteiger partial charge in [0.25, 0.3) is 0 Å². The number of Topliss-reactive ketones (excluding diaryl/α,β-unsaturated/α-hetero) is 4. The Kier molecular flexibility index (Phi) is 10.5. The third kappa shape index (κ3) is 7.58. The minimum Gasteiger partial charge on any atom is -0.387 e. The van der Waals surface area contributed by atoms with Crippen molar-refractivity contribution in [3.63, 3.8) is 0 Å². The molecule has 2 aliphatic carbocycles. The Morgan fingerprint density at radius 2 is 1.74 bits per heavy atom. The van der Waals surface area contributed by atoms with E-state index < -0.39 is 40.5 Å². The molecule has 0 unspecified atom stereocenters. The summed E-state index contributed by atoms with van der Waals surface area (Å²) in [5.41, 5.74) is 0.173. The largest absolute Gasteiger partial charge is 0.387 e. The lowest BCUT2D eigenvalue weighted by molar-refractivity contribution is -0.147. The van der Waals surface area contributed by atoms with Gasteiger partial charge in [-0.15, -0.1) is 0 Å². The highest BCUT2D eigenvalue weighted by atomic mass is 35.5. The Hall–Kier alpha value is -2.87. The normalized spacial score (nSPS) is 26.1. The number of carbonyl (C=O) groups excluding carboxylic acids is 5. The molecule has 2 aliphatic heterocycles. The van der Waals surface area contributed by atoms with E-state index in [2.05, 4.69) is 5.16 Å². The number of oxime groups is 1. The van der Waals surface area contributed by atoms with E-state index in [1.165, 1.54) is 6.42 Å². The van der Waals surface area contributed by atoms with Crippen LogP contribution in [0.1, 0.15) is 124 Å². The van der Waals surface area contributed by atoms with Crippen LogP contribution in [0.2, 0.25) is 5.02 Å². The summed E-state index contributed by atoms with van der Waals surface area (Å²) in [6.45, 7) is 9.65. The molecule has 8 nitrogen and oxygen atoms in total. The van der Waals surface area contributed by atoms with Crippen molar-refractivity contribution in [1.82, 2.24) is 4.90 Å². The quantitative estimate of drug-likeness (QED) is 0.204. The molecule has 2 spiro atoms. The first kappa shape index (κ1) is 35.4. The number of ketones is 4. The number of benzene rings is 1. The van der Waals surface area contributed by atoms with Gasteiger partial charge in [0, 0.05) is 60.4 Å². The van der Waals surface area contributed by atoms with Crippen LogP contribution in [0.3, 0.4) is 0 Å². The van der Waals surface area contributed by atoms with Crippen LogP contribution >= 0.6 is 11.6 Å². The fourth-order valence-corrected chi connectivity index (χ4v) is 8.57. The van der Waals surface area contributed by atoms with Crippen LogP contribution in [0, 0.1) is 28.6 Å². The first-order chi connectivity index (χ1) is 22.2. The molecule has 0 bridgehead atoms. The first-order valence-corrected chi connectivity index (χ1v) is 18.0. The summed E-state index contributed by atoms with van der Waals surface area (Å²) < 4.78 is 0. The van der Waals surface area contributed by atoms with Gasteiger partial charge in [0.1, 0.15) is 5.78 Å². The number of hydrogen-bond acceptors (Lipinski definition) is 7. The zero-order chi connectivity index (χ0) is 34.1. The minimum absolute atomic E-state index is 0.0199. The Bertz CT molecular complexity index is 1440. The molecule has 2 heterocycles. The molecular formula is C38H51ClN2O6. The zero-order valence-electron chi connectivity index (χ0n) is 28.7. The van der Waals surface area contributed by atoms with E-state index in [4.69, 9.17) is 16.4 Å². The summed E-state index contributed by atoms with van der Waals surface area (Å²) in [5, 5.41) is 4.97. The molecule has 5 atom stereocenters. The molecule has 256 valence electrons. The maximum Gasteiger partial charge on any atom is 0.227 e. The lowest BCUT2D eigenvalue weighted by Gasteiger charge is -2.35. The van der Waals surface area contributed by atoms with Gasteiger partial charge in [0.05, 0.1) is 18.3 Å². The molecule has 5 rings (SSSR count). The summed E-state index contributed by atoms with van der Waals surface area (Å²) in [6, 6.07) is 6.48. The second-order valence-corrected chi connectivity index (χ2v) is 16.2. The minimum atomic E-state index is -0.924. The van der Waals surface area contributed by atoms with Crippen molar-refractivity contribution in [3.8, 4) is 0 Å². The SMILES string of the molecule is CCC[C@H](CC(=O)[C@@H]1C[C@]2(CC(c3cccc(Cl)c3)=NO2)CN1C(=O)[C@@H](CC(=O)[C@@H]1CC12CCCCC2)C(C)(C)C)C(=O)C(=O)CC. The monoisotopic (exact) mass is 666 g/mol. The molecule has 0 radical (unpaired) electrons. The predicted molar refractivity (Wildman–Crippen MR) is 181 cm³/mol. The maximum absolute atomic E-state index is 14.7. The smallest absolute Gasteiger partial charge is 0.227 e. The van der Waals surface area contributed by atoms with Crippen LogP contribution in [0.25, 0.3) is 0 Å². The molecule has 0 N–H and O–H groups in total. The van der Waals surface area contributed by atoms with Crippen molar-refractivity contribution in [2.45, 2.75) is 130 Å². The van der Waals surface area contributed by atoms with Crippen molar-refractivity contribution in [2.24, 2.45) is 33.7 Å². The van der Waals surface area contributed by atoms with E-state index in [-0.39, 0.29) is 61.0 Å². The number of rotatable bonds is 13. The van der Waals surface area contributed by atoms with Gasteiger partial charge in [0.2, 0.25) is 11.7 Å². The van der Waals surface area contributed by atoms with Gasteiger partial charge in [0.15, 0.2) is 17.2 Å². The number of carbonyl (C=O) groups is 5. The van der Waals surface area contributed by atoms with Gasteiger partial charge in [-0.1, -0.05) is 89.2 Å². The van der Waals surface area contributed by atoms with Crippen molar-refractivity contribution < 1.29 is 28.8 Å². The molecule has 2 saturated carbocycles. The lowest BCUT2D eigenvalue weighted by Crippen LogP contribution is -2.48. The topological polar surface area (TPSA) is 110 Å². The summed E-state index contributed by atoms with van der Waals surface area (Å²) in [6.07, 6.45) is 8.44. The fraction of sp³-hybridized carbons (Fsp3) is 0.684. The summed E-state index contributed by atoms with van der Waals surface area (Å²) in [7, 11) is 0. The highest BCUT2D eigenvalue weighted by Gasteiger charge is 2.59. The van der Waals surface area contributed by atoms with Crippen molar-refractivity contribution in [2.75, 3.05) is 6.54 Å². The van der Waals surface area contributed by atoms with Gasteiger partial charge < -0.3 is 9.74 Å². The number of hydrogen-bond donors (Lipinski definition) is 0. The zero-order valence-corrected chi connectivity index (χ0v) is 29.5.